The Kier molecular flexibility index (Phi) is 6.68. The largest absolute Gasteiger partial charge is 0.330 e. The highest BCUT2D eigenvalue weighted by Gasteiger charge is 2.14. The summed E-state index contributed by atoms with van der Waals surface area (Å²) in [6, 6.07) is 8.88. The number of nitrogens with two attached hydrogens (primary N) is 1. The summed E-state index contributed by atoms with van der Waals surface area (Å²) in [5, 5.41) is 0. The van der Waals surface area contributed by atoms with E-state index >= 15 is 0 Å². The number of hydrogen-bond donors (Lipinski definition) is 1. The van der Waals surface area contributed by atoms with Gasteiger partial charge in [-0.25, -0.2) is 0 Å². The minimum atomic E-state index is 0.688. The standard InChI is InChI=1S/C19H27NO/c20-15-19-11-9-18(10-12-19)14-17-7-5-16(6-8-17)4-2-1-3-13-21/h5-8,13-14,19H,1-4,9-12,15,20H2. The summed E-state index contributed by atoms with van der Waals surface area (Å²) in [4.78, 5) is 10.3. The van der Waals surface area contributed by atoms with Crippen LogP contribution in [0.15, 0.2) is 29.8 Å². The fraction of sp³-hybridized carbons (Fsp3) is 0.526. The molecule has 1 aromatic rings. The van der Waals surface area contributed by atoms with Gasteiger partial charge in [-0.3, -0.25) is 0 Å². The predicted molar refractivity (Wildman–Crippen MR) is 89.1 cm³/mol. The molecule has 2 rings (SSSR count). The highest BCUT2D eigenvalue weighted by Crippen LogP contribution is 2.29. The van der Waals surface area contributed by atoms with E-state index in [1.807, 2.05) is 0 Å². The molecule has 0 atom stereocenters. The van der Waals surface area contributed by atoms with E-state index in [-0.39, 0.29) is 0 Å². The zero-order chi connectivity index (χ0) is 14.9. The molecule has 1 aromatic carbocycles. The molecule has 2 N–H and O–H groups in total. The number of aldehydes is 1. The van der Waals surface area contributed by atoms with Crippen LogP contribution < -0.4 is 5.73 Å². The lowest BCUT2D eigenvalue weighted by atomic mass is 9.85. The molecule has 0 spiro atoms. The topological polar surface area (TPSA) is 43.1 Å². The van der Waals surface area contributed by atoms with Crippen molar-refractivity contribution >= 4 is 12.4 Å². The average Bonchev–Trinajstić information content (AvgIpc) is 2.54. The fourth-order valence-corrected chi connectivity index (χ4v) is 3.00. The van der Waals surface area contributed by atoms with Crippen LogP contribution in [0.1, 0.15) is 56.1 Å². The smallest absolute Gasteiger partial charge is 0.119 e. The van der Waals surface area contributed by atoms with Gasteiger partial charge in [-0.15, -0.1) is 0 Å². The molecule has 1 aliphatic carbocycles. The van der Waals surface area contributed by atoms with Crippen LogP contribution in [0, 0.1) is 5.92 Å². The predicted octanol–water partition coefficient (Wildman–Crippen LogP) is 4.13. The van der Waals surface area contributed by atoms with Crippen molar-refractivity contribution < 1.29 is 4.79 Å². The molecule has 0 aliphatic heterocycles. The maximum atomic E-state index is 10.3. The van der Waals surface area contributed by atoms with Crippen LogP contribution in [0.5, 0.6) is 0 Å². The Morgan fingerprint density at radius 1 is 1.10 bits per heavy atom. The molecule has 0 heterocycles. The highest BCUT2D eigenvalue weighted by molar-refractivity contribution is 5.53. The molecule has 0 aromatic heterocycles. The van der Waals surface area contributed by atoms with Crippen LogP contribution in [0.25, 0.3) is 6.08 Å². The lowest BCUT2D eigenvalue weighted by Gasteiger charge is -2.22. The zero-order valence-corrected chi connectivity index (χ0v) is 12.9. The van der Waals surface area contributed by atoms with Gasteiger partial charge in [-0.1, -0.05) is 35.9 Å². The summed E-state index contributed by atoms with van der Waals surface area (Å²) in [7, 11) is 0. The van der Waals surface area contributed by atoms with Crippen LogP contribution in [-0.4, -0.2) is 12.8 Å². The first kappa shape index (κ1) is 16.0. The molecule has 0 unspecified atom stereocenters. The third-order valence-electron chi connectivity index (χ3n) is 4.47. The van der Waals surface area contributed by atoms with E-state index in [9.17, 15) is 4.79 Å². The Labute approximate surface area is 128 Å². The van der Waals surface area contributed by atoms with Crippen LogP contribution >= 0.6 is 0 Å². The van der Waals surface area contributed by atoms with E-state index < -0.39 is 0 Å². The van der Waals surface area contributed by atoms with Crippen LogP contribution in [0.2, 0.25) is 0 Å². The normalized spacial score (nSPS) is 18.5. The SMILES string of the molecule is NCC1CCC(=Cc2ccc(CCCCC=O)cc2)CC1. The van der Waals surface area contributed by atoms with E-state index in [4.69, 9.17) is 5.73 Å². The number of unbranched alkanes of at least 4 members (excludes halogenated alkanes) is 2. The fourth-order valence-electron chi connectivity index (χ4n) is 3.00. The summed E-state index contributed by atoms with van der Waals surface area (Å²) in [6.07, 6.45) is 12.1. The second-order valence-electron chi connectivity index (χ2n) is 6.14. The number of carbonyl (C=O) groups is 1. The van der Waals surface area contributed by atoms with E-state index in [0.29, 0.717) is 6.42 Å². The third kappa shape index (κ3) is 5.47. The van der Waals surface area contributed by atoms with E-state index in [2.05, 4.69) is 30.3 Å². The van der Waals surface area contributed by atoms with Crippen molar-refractivity contribution in [2.75, 3.05) is 6.54 Å². The monoisotopic (exact) mass is 285 g/mol. The first-order valence-electron chi connectivity index (χ1n) is 8.24. The maximum absolute atomic E-state index is 10.3. The van der Waals surface area contributed by atoms with Crippen molar-refractivity contribution in [3.8, 4) is 0 Å². The van der Waals surface area contributed by atoms with Gasteiger partial charge < -0.3 is 10.5 Å². The van der Waals surface area contributed by atoms with Gasteiger partial charge in [-0.05, 0) is 68.5 Å². The van der Waals surface area contributed by atoms with Gasteiger partial charge >= 0.3 is 0 Å². The molecule has 1 fully saturated rings. The van der Waals surface area contributed by atoms with E-state index in [1.165, 1.54) is 36.8 Å². The zero-order valence-electron chi connectivity index (χ0n) is 12.9. The van der Waals surface area contributed by atoms with Crippen molar-refractivity contribution in [1.82, 2.24) is 0 Å². The molecule has 2 nitrogen and oxygen atoms in total. The molecular formula is C19H27NO. The van der Waals surface area contributed by atoms with Crippen LogP contribution in [0.3, 0.4) is 0 Å². The van der Waals surface area contributed by atoms with Crippen LogP contribution in [0.4, 0.5) is 0 Å². The molecule has 0 saturated heterocycles. The maximum Gasteiger partial charge on any atom is 0.119 e. The summed E-state index contributed by atoms with van der Waals surface area (Å²) in [5.41, 5.74) is 9.99. The Bertz CT molecular complexity index is 451. The lowest BCUT2D eigenvalue weighted by molar-refractivity contribution is -0.107. The number of benzene rings is 1. The highest BCUT2D eigenvalue weighted by atomic mass is 16.1. The average molecular weight is 285 g/mol. The minimum Gasteiger partial charge on any atom is -0.330 e. The number of aryl methyl sites for hydroxylation is 1. The number of carbonyl (C=O) groups excluding carboxylic acids is 1. The number of allylic oxidation sites excluding steroid dienone is 1. The molecule has 0 radical (unpaired) electrons. The second-order valence-corrected chi connectivity index (χ2v) is 6.14. The summed E-state index contributed by atoms with van der Waals surface area (Å²) in [5.74, 6) is 0.732. The van der Waals surface area contributed by atoms with Crippen molar-refractivity contribution in [1.29, 1.82) is 0 Å². The summed E-state index contributed by atoms with van der Waals surface area (Å²) < 4.78 is 0. The molecule has 0 bridgehead atoms. The van der Waals surface area contributed by atoms with Gasteiger partial charge in [0.05, 0.1) is 0 Å². The second kappa shape index (κ2) is 8.78. The number of hydrogen-bond acceptors (Lipinski definition) is 2. The summed E-state index contributed by atoms with van der Waals surface area (Å²) in [6.45, 7) is 0.839. The van der Waals surface area contributed by atoms with E-state index in [0.717, 1.165) is 38.0 Å². The van der Waals surface area contributed by atoms with Crippen molar-refractivity contribution in [3.63, 3.8) is 0 Å². The van der Waals surface area contributed by atoms with Gasteiger partial charge in [0.15, 0.2) is 0 Å². The van der Waals surface area contributed by atoms with E-state index in [1.54, 1.807) is 5.57 Å². The Hall–Kier alpha value is -1.41. The van der Waals surface area contributed by atoms with Gasteiger partial charge in [-0.2, -0.15) is 0 Å². The van der Waals surface area contributed by atoms with Gasteiger partial charge in [0.1, 0.15) is 6.29 Å². The van der Waals surface area contributed by atoms with Crippen molar-refractivity contribution in [3.05, 3.63) is 41.0 Å². The molecule has 21 heavy (non-hydrogen) atoms. The summed E-state index contributed by atoms with van der Waals surface area (Å²) >= 11 is 0. The minimum absolute atomic E-state index is 0.688. The Morgan fingerprint density at radius 3 is 2.43 bits per heavy atom. The number of rotatable bonds is 7. The van der Waals surface area contributed by atoms with Crippen molar-refractivity contribution in [2.45, 2.75) is 51.4 Å². The third-order valence-corrected chi connectivity index (χ3v) is 4.47. The Morgan fingerprint density at radius 2 is 1.81 bits per heavy atom. The molecule has 2 heteroatoms. The van der Waals surface area contributed by atoms with Gasteiger partial charge in [0.25, 0.3) is 0 Å². The Balaban J connectivity index is 1.83. The molecule has 1 aliphatic rings. The molecule has 1 saturated carbocycles. The first-order valence-corrected chi connectivity index (χ1v) is 8.24. The molecule has 114 valence electrons. The first-order chi connectivity index (χ1) is 10.3. The molecule has 0 amide bonds. The van der Waals surface area contributed by atoms with Gasteiger partial charge in [0.2, 0.25) is 0 Å². The van der Waals surface area contributed by atoms with Crippen molar-refractivity contribution in [2.24, 2.45) is 11.7 Å². The van der Waals surface area contributed by atoms with Gasteiger partial charge in [0, 0.05) is 6.42 Å². The quantitative estimate of drug-likeness (QED) is 0.604. The lowest BCUT2D eigenvalue weighted by Crippen LogP contribution is -2.17. The molecular weight excluding hydrogens is 258 g/mol. The van der Waals surface area contributed by atoms with Crippen LogP contribution in [-0.2, 0) is 11.2 Å².